The number of anilines is 2. The predicted octanol–water partition coefficient (Wildman–Crippen LogP) is 2.72. The van der Waals surface area contributed by atoms with Gasteiger partial charge in [-0.15, -0.1) is 0 Å². The average molecular weight is 311 g/mol. The molecule has 1 aromatic carbocycles. The van der Waals surface area contributed by atoms with Gasteiger partial charge in [-0.05, 0) is 43.2 Å². The van der Waals surface area contributed by atoms with Gasteiger partial charge in [0.15, 0.2) is 5.69 Å². The number of hydrogen-bond donors (Lipinski definition) is 1. The molecular weight excluding hydrogens is 290 g/mol. The molecule has 0 amide bonds. The third kappa shape index (κ3) is 3.28. The monoisotopic (exact) mass is 311 g/mol. The van der Waals surface area contributed by atoms with Crippen LogP contribution in [-0.2, 0) is 0 Å². The van der Waals surface area contributed by atoms with Crippen molar-refractivity contribution in [2.24, 2.45) is 0 Å². The van der Waals surface area contributed by atoms with Gasteiger partial charge in [-0.3, -0.25) is 0 Å². The van der Waals surface area contributed by atoms with Crippen molar-refractivity contribution in [1.82, 2.24) is 4.98 Å². The predicted molar refractivity (Wildman–Crippen MR) is 91.5 cm³/mol. The largest absolute Gasteiger partial charge is 0.477 e. The summed E-state index contributed by atoms with van der Waals surface area (Å²) in [5.41, 5.74) is 3.94. The Balaban J connectivity index is 1.72. The Kier molecular flexibility index (Phi) is 4.19. The number of aromatic carboxylic acids is 1. The van der Waals surface area contributed by atoms with E-state index in [1.54, 1.807) is 6.07 Å². The van der Waals surface area contributed by atoms with E-state index in [2.05, 4.69) is 46.8 Å². The molecule has 1 N–H and O–H groups in total. The summed E-state index contributed by atoms with van der Waals surface area (Å²) >= 11 is 0. The van der Waals surface area contributed by atoms with E-state index in [-0.39, 0.29) is 5.69 Å². The number of rotatable bonds is 3. The maximum atomic E-state index is 11.1. The lowest BCUT2D eigenvalue weighted by atomic mass is 10.1. The summed E-state index contributed by atoms with van der Waals surface area (Å²) in [5.74, 6) is -0.244. The number of benzene rings is 1. The van der Waals surface area contributed by atoms with Gasteiger partial charge in [0.1, 0.15) is 5.82 Å². The number of carboxylic acid groups (broad SMARTS) is 1. The van der Waals surface area contributed by atoms with Gasteiger partial charge >= 0.3 is 5.97 Å². The molecular formula is C18H21N3O2. The van der Waals surface area contributed by atoms with Crippen molar-refractivity contribution in [1.29, 1.82) is 0 Å². The number of nitrogens with zero attached hydrogens (tertiary/aromatic N) is 3. The molecule has 23 heavy (non-hydrogen) atoms. The molecule has 0 spiro atoms. The summed E-state index contributed by atoms with van der Waals surface area (Å²) in [4.78, 5) is 19.8. The number of hydrogen-bond acceptors (Lipinski definition) is 4. The van der Waals surface area contributed by atoms with Crippen LogP contribution in [0, 0.1) is 13.8 Å². The number of aromatic nitrogens is 1. The molecule has 3 rings (SSSR count). The standard InChI is InChI=1S/C18H21N3O2/c1-13-6-7-14(2)16(12-13)20-8-10-21(11-9-20)17-5-3-4-15(19-17)18(22)23/h3-7,12H,8-11H2,1-2H3,(H,22,23). The Bertz CT molecular complexity index is 722. The zero-order valence-corrected chi connectivity index (χ0v) is 13.5. The van der Waals surface area contributed by atoms with Crippen molar-refractivity contribution in [3.8, 4) is 0 Å². The number of carboxylic acids is 1. The summed E-state index contributed by atoms with van der Waals surface area (Å²) in [5, 5.41) is 9.07. The Morgan fingerprint density at radius 3 is 2.43 bits per heavy atom. The van der Waals surface area contributed by atoms with E-state index in [0.717, 1.165) is 32.0 Å². The van der Waals surface area contributed by atoms with Gasteiger partial charge in [0, 0.05) is 31.9 Å². The van der Waals surface area contributed by atoms with Crippen molar-refractivity contribution in [2.75, 3.05) is 36.0 Å². The molecule has 0 atom stereocenters. The molecule has 5 nitrogen and oxygen atoms in total. The molecule has 1 aliphatic heterocycles. The Morgan fingerprint density at radius 1 is 1.04 bits per heavy atom. The second kappa shape index (κ2) is 6.28. The maximum absolute atomic E-state index is 11.1. The number of pyridine rings is 1. The number of aryl methyl sites for hydroxylation is 2. The highest BCUT2D eigenvalue weighted by Gasteiger charge is 2.20. The van der Waals surface area contributed by atoms with Crippen LogP contribution in [-0.4, -0.2) is 42.2 Å². The topological polar surface area (TPSA) is 56.7 Å². The van der Waals surface area contributed by atoms with Gasteiger partial charge in [0.05, 0.1) is 0 Å². The number of carbonyl (C=O) groups is 1. The highest BCUT2D eigenvalue weighted by Crippen LogP contribution is 2.24. The summed E-state index contributed by atoms with van der Waals surface area (Å²) < 4.78 is 0. The van der Waals surface area contributed by atoms with Crippen LogP contribution < -0.4 is 9.80 Å². The van der Waals surface area contributed by atoms with Crippen LogP contribution in [0.2, 0.25) is 0 Å². The van der Waals surface area contributed by atoms with E-state index in [9.17, 15) is 4.79 Å². The second-order valence-corrected chi connectivity index (χ2v) is 5.95. The van der Waals surface area contributed by atoms with Crippen LogP contribution in [0.4, 0.5) is 11.5 Å². The van der Waals surface area contributed by atoms with Crippen molar-refractivity contribution in [3.63, 3.8) is 0 Å². The fourth-order valence-electron chi connectivity index (χ4n) is 2.96. The first-order chi connectivity index (χ1) is 11.0. The van der Waals surface area contributed by atoms with Gasteiger partial charge in [-0.25, -0.2) is 9.78 Å². The van der Waals surface area contributed by atoms with E-state index in [1.165, 1.54) is 22.9 Å². The molecule has 1 fully saturated rings. The van der Waals surface area contributed by atoms with E-state index in [4.69, 9.17) is 5.11 Å². The van der Waals surface area contributed by atoms with Crippen LogP contribution in [0.25, 0.3) is 0 Å². The minimum atomic E-state index is -0.985. The zero-order valence-electron chi connectivity index (χ0n) is 13.5. The molecule has 5 heteroatoms. The summed E-state index contributed by atoms with van der Waals surface area (Å²) in [6.07, 6.45) is 0. The molecule has 0 unspecified atom stereocenters. The van der Waals surface area contributed by atoms with E-state index in [0.29, 0.717) is 0 Å². The van der Waals surface area contributed by atoms with Crippen LogP contribution >= 0.6 is 0 Å². The van der Waals surface area contributed by atoms with Gasteiger partial charge in [0.2, 0.25) is 0 Å². The Labute approximate surface area is 136 Å². The van der Waals surface area contributed by atoms with Crippen molar-refractivity contribution >= 4 is 17.5 Å². The quantitative estimate of drug-likeness (QED) is 0.944. The molecule has 1 aromatic heterocycles. The highest BCUT2D eigenvalue weighted by atomic mass is 16.4. The van der Waals surface area contributed by atoms with Crippen molar-refractivity contribution in [3.05, 3.63) is 53.2 Å². The normalized spacial score (nSPS) is 14.9. The molecule has 0 radical (unpaired) electrons. The van der Waals surface area contributed by atoms with Gasteiger partial charge in [-0.2, -0.15) is 0 Å². The Morgan fingerprint density at radius 2 is 1.74 bits per heavy atom. The minimum Gasteiger partial charge on any atom is -0.477 e. The number of piperazine rings is 1. The molecule has 0 bridgehead atoms. The van der Waals surface area contributed by atoms with Crippen LogP contribution in [0.1, 0.15) is 21.6 Å². The van der Waals surface area contributed by atoms with E-state index in [1.807, 2.05) is 6.07 Å². The van der Waals surface area contributed by atoms with Gasteiger partial charge in [-0.1, -0.05) is 18.2 Å². The van der Waals surface area contributed by atoms with E-state index >= 15 is 0 Å². The lowest BCUT2D eigenvalue weighted by molar-refractivity contribution is 0.0690. The first kappa shape index (κ1) is 15.3. The summed E-state index contributed by atoms with van der Waals surface area (Å²) in [7, 11) is 0. The third-order valence-corrected chi connectivity index (χ3v) is 4.26. The lowest BCUT2D eigenvalue weighted by Gasteiger charge is -2.37. The fraction of sp³-hybridized carbons (Fsp3) is 0.333. The van der Waals surface area contributed by atoms with Crippen molar-refractivity contribution < 1.29 is 9.90 Å². The molecule has 2 aromatic rings. The molecule has 1 aliphatic rings. The minimum absolute atomic E-state index is 0.0967. The van der Waals surface area contributed by atoms with Gasteiger partial charge < -0.3 is 14.9 Å². The first-order valence-corrected chi connectivity index (χ1v) is 7.82. The maximum Gasteiger partial charge on any atom is 0.354 e. The highest BCUT2D eigenvalue weighted by molar-refractivity contribution is 5.85. The lowest BCUT2D eigenvalue weighted by Crippen LogP contribution is -2.47. The fourth-order valence-corrected chi connectivity index (χ4v) is 2.96. The molecule has 1 saturated heterocycles. The van der Waals surface area contributed by atoms with Gasteiger partial charge in [0.25, 0.3) is 0 Å². The SMILES string of the molecule is Cc1ccc(C)c(N2CCN(c3cccc(C(=O)O)n3)CC2)c1. The molecule has 0 aliphatic carbocycles. The van der Waals surface area contributed by atoms with Crippen LogP contribution in [0.15, 0.2) is 36.4 Å². The summed E-state index contributed by atoms with van der Waals surface area (Å²) in [6.45, 7) is 7.74. The molecule has 120 valence electrons. The smallest absolute Gasteiger partial charge is 0.354 e. The van der Waals surface area contributed by atoms with Crippen LogP contribution in [0.3, 0.4) is 0 Å². The molecule has 2 heterocycles. The van der Waals surface area contributed by atoms with E-state index < -0.39 is 5.97 Å². The van der Waals surface area contributed by atoms with Crippen LogP contribution in [0.5, 0.6) is 0 Å². The summed E-state index contributed by atoms with van der Waals surface area (Å²) in [6, 6.07) is 11.7. The third-order valence-electron chi connectivity index (χ3n) is 4.26. The van der Waals surface area contributed by atoms with Crippen molar-refractivity contribution in [2.45, 2.75) is 13.8 Å². The Hall–Kier alpha value is -2.56. The zero-order chi connectivity index (χ0) is 16.4. The average Bonchev–Trinajstić information content (AvgIpc) is 2.57. The molecule has 0 saturated carbocycles. The first-order valence-electron chi connectivity index (χ1n) is 7.82. The second-order valence-electron chi connectivity index (χ2n) is 5.95.